The van der Waals surface area contributed by atoms with Crippen LogP contribution in [0.3, 0.4) is 0 Å². The summed E-state index contributed by atoms with van der Waals surface area (Å²) >= 11 is 0. The molecule has 0 amide bonds. The van der Waals surface area contributed by atoms with Gasteiger partial charge in [0.05, 0.1) is 12.4 Å². The van der Waals surface area contributed by atoms with Crippen molar-refractivity contribution in [2.75, 3.05) is 30.4 Å². The number of piperidine rings is 1. The Morgan fingerprint density at radius 1 is 1.16 bits per heavy atom. The molecule has 0 atom stereocenters. The summed E-state index contributed by atoms with van der Waals surface area (Å²) in [6, 6.07) is 7.41. The zero-order chi connectivity index (χ0) is 26.7. The Morgan fingerprint density at radius 2 is 1.97 bits per heavy atom. The number of nitrogens with one attached hydrogen (secondary N) is 2. The summed E-state index contributed by atoms with van der Waals surface area (Å²) in [6.45, 7) is 5.06. The number of carbonyl (C=O) groups is 1. The van der Waals surface area contributed by atoms with Crippen LogP contribution in [-0.4, -0.2) is 66.5 Å². The molecule has 2 N–H and O–H groups in total. The number of aromatic nitrogens is 7. The van der Waals surface area contributed by atoms with Gasteiger partial charge in [0.2, 0.25) is 5.95 Å². The molecule has 5 rings (SSSR count). The molecule has 5 heterocycles. The molecule has 0 unspecified atom stereocenters. The lowest BCUT2D eigenvalue weighted by molar-refractivity contribution is -0.143. The molecule has 0 bridgehead atoms. The van der Waals surface area contributed by atoms with Gasteiger partial charge in [-0.3, -0.25) is 9.89 Å². The Hall–Kier alpha value is -4.19. The van der Waals surface area contributed by atoms with Crippen LogP contribution in [0.4, 0.5) is 22.0 Å². The first-order chi connectivity index (χ1) is 18.3. The summed E-state index contributed by atoms with van der Waals surface area (Å²) < 4.78 is 20.4. The smallest absolute Gasteiger partial charge is 0.227 e. The minimum atomic E-state index is -0.839. The number of ether oxygens (including phenoxy) is 1. The lowest BCUT2D eigenvalue weighted by Crippen LogP contribution is -2.51. The van der Waals surface area contributed by atoms with Crippen LogP contribution in [0.5, 0.6) is 0 Å². The number of anilines is 3. The van der Waals surface area contributed by atoms with Gasteiger partial charge in [-0.1, -0.05) is 6.07 Å². The molecule has 198 valence electrons. The molecule has 0 radical (unpaired) electrons. The second kappa shape index (κ2) is 10.7. The van der Waals surface area contributed by atoms with Gasteiger partial charge in [0, 0.05) is 69.2 Å². The van der Waals surface area contributed by atoms with E-state index in [4.69, 9.17) is 4.74 Å². The highest BCUT2D eigenvalue weighted by Gasteiger charge is 2.41. The molecule has 0 spiro atoms. The molecule has 12 heteroatoms. The van der Waals surface area contributed by atoms with Crippen molar-refractivity contribution in [2.24, 2.45) is 0 Å². The Bertz CT molecular complexity index is 1410. The van der Waals surface area contributed by atoms with E-state index in [1.807, 2.05) is 32.0 Å². The van der Waals surface area contributed by atoms with Crippen LogP contribution in [0.2, 0.25) is 0 Å². The number of aryl methyl sites for hydroxylation is 3. The molecule has 11 nitrogen and oxygen atoms in total. The van der Waals surface area contributed by atoms with Crippen molar-refractivity contribution in [3.63, 3.8) is 0 Å². The number of hydrogen-bond donors (Lipinski definition) is 2. The van der Waals surface area contributed by atoms with Crippen LogP contribution in [0.1, 0.15) is 36.2 Å². The van der Waals surface area contributed by atoms with Gasteiger partial charge in [0.1, 0.15) is 11.4 Å². The summed E-state index contributed by atoms with van der Waals surface area (Å²) in [5, 5.41) is 14.2. The van der Waals surface area contributed by atoms with Crippen LogP contribution in [-0.2, 0) is 16.0 Å². The minimum Gasteiger partial charge on any atom is -0.370 e. The second-order valence-electron chi connectivity index (χ2n) is 9.49. The SMILES string of the molecule is COC1(C(=O)CCc2ccc(-n3cc(F)cn3)nc2)CCN(c2nc(C)cc(Nc3cc(C)[nH]n3)n2)CC1. The third-order valence-electron chi connectivity index (χ3n) is 6.79. The minimum absolute atomic E-state index is 0.0688. The number of hydrogen-bond acceptors (Lipinski definition) is 9. The van der Waals surface area contributed by atoms with Crippen molar-refractivity contribution < 1.29 is 13.9 Å². The predicted molar refractivity (Wildman–Crippen MR) is 139 cm³/mol. The number of H-pyrrole nitrogens is 1. The van der Waals surface area contributed by atoms with Crippen LogP contribution in [0.25, 0.3) is 5.82 Å². The fourth-order valence-corrected chi connectivity index (χ4v) is 4.65. The largest absolute Gasteiger partial charge is 0.370 e. The molecule has 4 aromatic heterocycles. The van der Waals surface area contributed by atoms with E-state index in [1.54, 1.807) is 19.4 Å². The molecule has 0 saturated carbocycles. The van der Waals surface area contributed by atoms with E-state index in [0.29, 0.717) is 62.2 Å². The van der Waals surface area contributed by atoms with Crippen molar-refractivity contribution in [2.45, 2.75) is 45.1 Å². The molecule has 4 aromatic rings. The van der Waals surface area contributed by atoms with Gasteiger partial charge < -0.3 is 15.0 Å². The Balaban J connectivity index is 1.19. The van der Waals surface area contributed by atoms with E-state index >= 15 is 0 Å². The summed E-state index contributed by atoms with van der Waals surface area (Å²) in [5.74, 6) is 2.12. The highest BCUT2D eigenvalue weighted by molar-refractivity contribution is 5.88. The third-order valence-corrected chi connectivity index (χ3v) is 6.79. The van der Waals surface area contributed by atoms with Crippen LogP contribution in [0.15, 0.2) is 42.9 Å². The molecule has 1 aliphatic rings. The maximum Gasteiger partial charge on any atom is 0.227 e. The zero-order valence-electron chi connectivity index (χ0n) is 21.6. The summed E-state index contributed by atoms with van der Waals surface area (Å²) in [4.78, 5) is 29.0. The van der Waals surface area contributed by atoms with E-state index in [0.717, 1.165) is 23.1 Å². The molecule has 1 fully saturated rings. The summed E-state index contributed by atoms with van der Waals surface area (Å²) in [7, 11) is 1.60. The average molecular weight is 520 g/mol. The van der Waals surface area contributed by atoms with Crippen molar-refractivity contribution >= 4 is 23.4 Å². The fourth-order valence-electron chi connectivity index (χ4n) is 4.65. The molecule has 0 aromatic carbocycles. The number of ketones is 1. The number of pyridine rings is 1. The molecule has 38 heavy (non-hydrogen) atoms. The quantitative estimate of drug-likeness (QED) is 0.342. The summed E-state index contributed by atoms with van der Waals surface area (Å²) in [5.41, 5.74) is 1.86. The summed E-state index contributed by atoms with van der Waals surface area (Å²) in [6.07, 6.45) is 6.05. The van der Waals surface area contributed by atoms with Gasteiger partial charge in [0.15, 0.2) is 23.2 Å². The highest BCUT2D eigenvalue weighted by Crippen LogP contribution is 2.31. The van der Waals surface area contributed by atoms with Crippen molar-refractivity contribution in [3.8, 4) is 5.82 Å². The van der Waals surface area contributed by atoms with Gasteiger partial charge >= 0.3 is 0 Å². The number of halogens is 1. The monoisotopic (exact) mass is 519 g/mol. The van der Waals surface area contributed by atoms with Crippen molar-refractivity contribution in [3.05, 3.63) is 65.6 Å². The first-order valence-electron chi connectivity index (χ1n) is 12.5. The van der Waals surface area contributed by atoms with Crippen LogP contribution >= 0.6 is 0 Å². The zero-order valence-corrected chi connectivity index (χ0v) is 21.6. The van der Waals surface area contributed by atoms with Gasteiger partial charge in [-0.05, 0) is 31.9 Å². The topological polar surface area (TPSA) is 127 Å². The maximum absolute atomic E-state index is 13.3. The van der Waals surface area contributed by atoms with Crippen molar-refractivity contribution in [1.29, 1.82) is 0 Å². The van der Waals surface area contributed by atoms with E-state index in [2.05, 4.69) is 40.5 Å². The normalized spacial score (nSPS) is 15.0. The maximum atomic E-state index is 13.3. The number of rotatable bonds is 9. The fraction of sp³-hybridized carbons (Fsp3) is 0.385. The first kappa shape index (κ1) is 25.5. The standard InChI is InChI=1S/C26H30FN9O2/c1-17-12-22(31-23-13-18(2)33-34-23)32-25(30-17)35-10-8-26(38-3,9-11-35)21(37)6-4-19-5-7-24(28-14-19)36-16-20(27)15-29-36/h5,7,12-16H,4,6,8-11H2,1-3H3,(H2,30,31,32,33,34). The predicted octanol–water partition coefficient (Wildman–Crippen LogP) is 3.47. The van der Waals surface area contributed by atoms with E-state index in [-0.39, 0.29) is 5.78 Å². The number of nitrogens with zero attached hydrogens (tertiary/aromatic N) is 7. The molecule has 1 saturated heterocycles. The van der Waals surface area contributed by atoms with E-state index in [9.17, 15) is 9.18 Å². The first-order valence-corrected chi connectivity index (χ1v) is 12.5. The van der Waals surface area contributed by atoms with Crippen molar-refractivity contribution in [1.82, 2.24) is 34.9 Å². The average Bonchev–Trinajstić information content (AvgIpc) is 3.54. The number of carbonyl (C=O) groups excluding carboxylic acids is 1. The van der Waals surface area contributed by atoms with E-state index in [1.165, 1.54) is 10.9 Å². The van der Waals surface area contributed by atoms with Gasteiger partial charge in [0.25, 0.3) is 0 Å². The lowest BCUT2D eigenvalue weighted by atomic mass is 9.84. The second-order valence-corrected chi connectivity index (χ2v) is 9.49. The van der Waals surface area contributed by atoms with E-state index < -0.39 is 11.4 Å². The molecular weight excluding hydrogens is 489 g/mol. The third kappa shape index (κ3) is 5.54. The molecule has 0 aliphatic carbocycles. The Labute approximate surface area is 219 Å². The highest BCUT2D eigenvalue weighted by atomic mass is 19.1. The number of aromatic amines is 1. The molecule has 1 aliphatic heterocycles. The van der Waals surface area contributed by atoms with Gasteiger partial charge in [-0.2, -0.15) is 15.2 Å². The number of methoxy groups -OCH3 is 1. The van der Waals surface area contributed by atoms with Crippen LogP contribution in [0, 0.1) is 19.7 Å². The number of Topliss-reactive ketones (excluding diaryl/α,β-unsaturated/α-hetero) is 1. The van der Waals surface area contributed by atoms with Gasteiger partial charge in [-0.25, -0.2) is 19.0 Å². The molecular formula is C26H30FN9O2. The lowest BCUT2D eigenvalue weighted by Gasteiger charge is -2.39. The van der Waals surface area contributed by atoms with Gasteiger partial charge in [-0.15, -0.1) is 0 Å². The Morgan fingerprint density at radius 3 is 2.61 bits per heavy atom. The van der Waals surface area contributed by atoms with Crippen LogP contribution < -0.4 is 10.2 Å². The Kier molecular flexibility index (Phi) is 7.14.